The molecule has 0 aliphatic rings. The van der Waals surface area contributed by atoms with Gasteiger partial charge < -0.3 is 4.90 Å². The third-order valence-electron chi connectivity index (χ3n) is 2.89. The number of nitrogens with zero attached hydrogens (tertiary/aromatic N) is 1. The van der Waals surface area contributed by atoms with Crippen LogP contribution in [0, 0.1) is 5.82 Å². The first-order valence-corrected chi connectivity index (χ1v) is 8.10. The fourth-order valence-corrected chi connectivity index (χ4v) is 3.46. The molecule has 0 fully saturated rings. The normalized spacial score (nSPS) is 11.9. The number of sulfone groups is 1. The summed E-state index contributed by atoms with van der Waals surface area (Å²) in [5.74, 6) is -2.07. The van der Waals surface area contributed by atoms with Crippen LogP contribution in [0.1, 0.15) is 27.7 Å². The standard InChI is InChI=1S/C14H20FNO3S/c1-10(2)16(11(3)4)14(17)9-20(18,19)13-8-6-5-7-12(13)15/h5-8,10-11H,9H2,1-4H3. The zero-order valence-electron chi connectivity index (χ0n) is 12.1. The maximum absolute atomic E-state index is 13.5. The van der Waals surface area contributed by atoms with Crippen molar-refractivity contribution in [3.63, 3.8) is 0 Å². The average Bonchev–Trinajstić information content (AvgIpc) is 2.26. The highest BCUT2D eigenvalue weighted by Gasteiger charge is 2.28. The molecule has 0 aliphatic carbocycles. The van der Waals surface area contributed by atoms with Crippen molar-refractivity contribution in [1.29, 1.82) is 0 Å². The SMILES string of the molecule is CC(C)N(C(=O)CS(=O)(=O)c1ccccc1F)C(C)C. The van der Waals surface area contributed by atoms with Gasteiger partial charge in [0.15, 0.2) is 9.84 Å². The highest BCUT2D eigenvalue weighted by molar-refractivity contribution is 7.92. The topological polar surface area (TPSA) is 54.5 Å². The van der Waals surface area contributed by atoms with Crippen LogP contribution in [0.5, 0.6) is 0 Å². The van der Waals surface area contributed by atoms with Gasteiger partial charge in [0, 0.05) is 12.1 Å². The lowest BCUT2D eigenvalue weighted by Gasteiger charge is -2.30. The number of hydrogen-bond acceptors (Lipinski definition) is 3. The highest BCUT2D eigenvalue weighted by Crippen LogP contribution is 2.17. The summed E-state index contributed by atoms with van der Waals surface area (Å²) in [4.78, 5) is 13.2. The molecule has 0 aliphatic heterocycles. The number of hydrogen-bond donors (Lipinski definition) is 0. The number of halogens is 1. The zero-order chi connectivity index (χ0) is 15.5. The van der Waals surface area contributed by atoms with E-state index < -0.39 is 32.2 Å². The monoisotopic (exact) mass is 301 g/mol. The van der Waals surface area contributed by atoms with Crippen molar-refractivity contribution in [3.8, 4) is 0 Å². The van der Waals surface area contributed by atoms with Crippen LogP contribution in [0.15, 0.2) is 29.2 Å². The van der Waals surface area contributed by atoms with Crippen LogP contribution in [0.4, 0.5) is 4.39 Å². The molecule has 4 nitrogen and oxygen atoms in total. The second kappa shape index (κ2) is 6.35. The van der Waals surface area contributed by atoms with Gasteiger partial charge in [-0.2, -0.15) is 0 Å². The van der Waals surface area contributed by atoms with E-state index in [1.807, 2.05) is 27.7 Å². The Balaban J connectivity index is 3.03. The van der Waals surface area contributed by atoms with E-state index in [1.54, 1.807) is 0 Å². The van der Waals surface area contributed by atoms with Gasteiger partial charge >= 0.3 is 0 Å². The van der Waals surface area contributed by atoms with Gasteiger partial charge in [-0.05, 0) is 39.8 Å². The summed E-state index contributed by atoms with van der Waals surface area (Å²) in [5, 5.41) is 0. The summed E-state index contributed by atoms with van der Waals surface area (Å²) >= 11 is 0. The molecule has 0 heterocycles. The van der Waals surface area contributed by atoms with Gasteiger partial charge in [-0.1, -0.05) is 12.1 Å². The lowest BCUT2D eigenvalue weighted by Crippen LogP contribution is -2.44. The van der Waals surface area contributed by atoms with Crippen molar-refractivity contribution < 1.29 is 17.6 Å². The highest BCUT2D eigenvalue weighted by atomic mass is 32.2. The third-order valence-corrected chi connectivity index (χ3v) is 4.51. The molecule has 1 amide bonds. The van der Waals surface area contributed by atoms with E-state index >= 15 is 0 Å². The first-order chi connectivity index (χ1) is 9.16. The molecule has 0 saturated heterocycles. The van der Waals surface area contributed by atoms with Gasteiger partial charge in [0.1, 0.15) is 16.5 Å². The van der Waals surface area contributed by atoms with Crippen molar-refractivity contribution >= 4 is 15.7 Å². The second-order valence-electron chi connectivity index (χ2n) is 5.18. The number of carbonyl (C=O) groups excluding carboxylic acids is 1. The minimum Gasteiger partial charge on any atom is -0.337 e. The molecule has 20 heavy (non-hydrogen) atoms. The van der Waals surface area contributed by atoms with Crippen LogP contribution in [0.2, 0.25) is 0 Å². The molecule has 0 radical (unpaired) electrons. The number of carbonyl (C=O) groups is 1. The Labute approximate surface area is 119 Å². The maximum atomic E-state index is 13.5. The average molecular weight is 301 g/mol. The Hall–Kier alpha value is -1.43. The third kappa shape index (κ3) is 3.79. The first-order valence-electron chi connectivity index (χ1n) is 6.45. The van der Waals surface area contributed by atoms with E-state index in [1.165, 1.54) is 23.1 Å². The molecule has 0 aromatic heterocycles. The molecular formula is C14H20FNO3S. The summed E-state index contributed by atoms with van der Waals surface area (Å²) in [7, 11) is -3.97. The zero-order valence-corrected chi connectivity index (χ0v) is 12.9. The fourth-order valence-electron chi connectivity index (χ4n) is 2.18. The molecule has 6 heteroatoms. The lowest BCUT2D eigenvalue weighted by atomic mass is 10.2. The predicted molar refractivity (Wildman–Crippen MR) is 75.6 cm³/mol. The Morgan fingerprint density at radius 2 is 1.65 bits per heavy atom. The molecule has 1 rings (SSSR count). The van der Waals surface area contributed by atoms with Crippen molar-refractivity contribution in [2.45, 2.75) is 44.7 Å². The van der Waals surface area contributed by atoms with Gasteiger partial charge in [-0.3, -0.25) is 4.79 Å². The Bertz CT molecular complexity index is 574. The van der Waals surface area contributed by atoms with E-state index in [2.05, 4.69) is 0 Å². The smallest absolute Gasteiger partial charge is 0.238 e. The van der Waals surface area contributed by atoms with Crippen LogP contribution in [-0.2, 0) is 14.6 Å². The largest absolute Gasteiger partial charge is 0.337 e. The molecule has 1 aromatic rings. The van der Waals surface area contributed by atoms with Crippen LogP contribution in [-0.4, -0.2) is 37.1 Å². The minimum absolute atomic E-state index is 0.113. The van der Waals surface area contributed by atoms with E-state index in [0.717, 1.165) is 6.07 Å². The quantitative estimate of drug-likeness (QED) is 0.838. The van der Waals surface area contributed by atoms with Crippen molar-refractivity contribution in [1.82, 2.24) is 4.90 Å². The van der Waals surface area contributed by atoms with Gasteiger partial charge in [0.25, 0.3) is 0 Å². The van der Waals surface area contributed by atoms with Gasteiger partial charge in [0.2, 0.25) is 5.91 Å². The van der Waals surface area contributed by atoms with Crippen LogP contribution >= 0.6 is 0 Å². The summed E-state index contributed by atoms with van der Waals surface area (Å²) < 4.78 is 37.8. The molecule has 0 unspecified atom stereocenters. The molecule has 0 bridgehead atoms. The summed E-state index contributed by atoms with van der Waals surface area (Å²) in [6, 6.07) is 4.86. The van der Waals surface area contributed by atoms with Crippen LogP contribution in [0.25, 0.3) is 0 Å². The van der Waals surface area contributed by atoms with E-state index in [-0.39, 0.29) is 12.1 Å². The predicted octanol–water partition coefficient (Wildman–Crippen LogP) is 2.24. The van der Waals surface area contributed by atoms with Crippen LogP contribution in [0.3, 0.4) is 0 Å². The number of benzene rings is 1. The number of rotatable bonds is 5. The minimum atomic E-state index is -3.97. The summed E-state index contributed by atoms with van der Waals surface area (Å²) in [6.07, 6.45) is 0. The van der Waals surface area contributed by atoms with Crippen molar-refractivity contribution in [2.24, 2.45) is 0 Å². The van der Waals surface area contributed by atoms with Crippen LogP contribution < -0.4 is 0 Å². The maximum Gasteiger partial charge on any atom is 0.238 e. The molecule has 0 saturated carbocycles. The Morgan fingerprint density at radius 1 is 1.15 bits per heavy atom. The Morgan fingerprint density at radius 3 is 2.10 bits per heavy atom. The molecule has 0 N–H and O–H groups in total. The Kier molecular flexibility index (Phi) is 5.28. The van der Waals surface area contributed by atoms with Gasteiger partial charge in [-0.25, -0.2) is 12.8 Å². The molecule has 0 atom stereocenters. The van der Waals surface area contributed by atoms with E-state index in [0.29, 0.717) is 0 Å². The van der Waals surface area contributed by atoms with E-state index in [9.17, 15) is 17.6 Å². The molecule has 1 aromatic carbocycles. The number of amides is 1. The van der Waals surface area contributed by atoms with Crippen molar-refractivity contribution in [3.05, 3.63) is 30.1 Å². The molecular weight excluding hydrogens is 281 g/mol. The van der Waals surface area contributed by atoms with E-state index in [4.69, 9.17) is 0 Å². The van der Waals surface area contributed by atoms with Crippen molar-refractivity contribution in [2.75, 3.05) is 5.75 Å². The first kappa shape index (κ1) is 16.6. The fraction of sp³-hybridized carbons (Fsp3) is 0.500. The summed E-state index contributed by atoms with van der Waals surface area (Å²) in [6.45, 7) is 7.25. The van der Waals surface area contributed by atoms with Gasteiger partial charge in [-0.15, -0.1) is 0 Å². The molecule has 0 spiro atoms. The summed E-state index contributed by atoms with van der Waals surface area (Å²) in [5.41, 5.74) is 0. The molecule has 112 valence electrons. The van der Waals surface area contributed by atoms with Gasteiger partial charge in [0.05, 0.1) is 0 Å². The second-order valence-corrected chi connectivity index (χ2v) is 7.14. The lowest BCUT2D eigenvalue weighted by molar-refractivity contribution is -0.131.